The Morgan fingerprint density at radius 3 is 2.58 bits per heavy atom. The van der Waals surface area contributed by atoms with Gasteiger partial charge in [0, 0.05) is 24.0 Å². The molecule has 1 aliphatic rings. The number of morpholine rings is 1. The number of amides is 1. The lowest BCUT2D eigenvalue weighted by atomic mass is 10.1. The summed E-state index contributed by atoms with van der Waals surface area (Å²) in [6.45, 7) is 3.33. The Kier molecular flexibility index (Phi) is 7.08. The van der Waals surface area contributed by atoms with Gasteiger partial charge in [0.15, 0.2) is 5.13 Å². The van der Waals surface area contributed by atoms with E-state index in [2.05, 4.69) is 29.4 Å². The summed E-state index contributed by atoms with van der Waals surface area (Å²) in [4.78, 5) is 17.6. The predicted octanol–water partition coefficient (Wildman–Crippen LogP) is 3.65. The first kappa shape index (κ1) is 23.4. The first-order valence-corrected chi connectivity index (χ1v) is 12.9. The van der Waals surface area contributed by atoms with Crippen molar-refractivity contribution in [2.24, 2.45) is 0 Å². The largest absolute Gasteiger partial charge is 0.496 e. The lowest BCUT2D eigenvalue weighted by molar-refractivity contribution is 0.0730. The van der Waals surface area contributed by atoms with Crippen LogP contribution in [0.15, 0.2) is 52.7 Å². The zero-order valence-electron chi connectivity index (χ0n) is 18.4. The smallest absolute Gasteiger partial charge is 0.261 e. The Labute approximate surface area is 197 Å². The van der Waals surface area contributed by atoms with Crippen molar-refractivity contribution in [2.75, 3.05) is 38.7 Å². The Morgan fingerprint density at radius 1 is 1.18 bits per heavy atom. The maximum Gasteiger partial charge on any atom is 0.261 e. The number of methoxy groups -OCH3 is 1. The molecule has 8 nitrogen and oxygen atoms in total. The molecule has 0 radical (unpaired) electrons. The Hall–Kier alpha value is -2.79. The van der Waals surface area contributed by atoms with Crippen molar-refractivity contribution in [3.8, 4) is 17.0 Å². The van der Waals surface area contributed by atoms with Crippen molar-refractivity contribution >= 4 is 32.4 Å². The molecule has 0 aliphatic carbocycles. The molecule has 2 aromatic carbocycles. The van der Waals surface area contributed by atoms with Crippen molar-refractivity contribution < 1.29 is 22.7 Å². The molecule has 4 rings (SSSR count). The molecule has 1 saturated heterocycles. The molecule has 0 spiro atoms. The Bertz CT molecular complexity index is 1230. The number of nitrogens with zero attached hydrogens (tertiary/aromatic N) is 2. The second-order valence-corrected chi connectivity index (χ2v) is 10.2. The van der Waals surface area contributed by atoms with Crippen LogP contribution in [-0.4, -0.2) is 57.0 Å². The van der Waals surface area contributed by atoms with Crippen LogP contribution in [0, 0.1) is 0 Å². The third-order valence-corrected chi connectivity index (χ3v) is 8.06. The van der Waals surface area contributed by atoms with Crippen molar-refractivity contribution in [3.63, 3.8) is 0 Å². The van der Waals surface area contributed by atoms with E-state index in [1.54, 1.807) is 0 Å². The predicted molar refractivity (Wildman–Crippen MR) is 127 cm³/mol. The van der Waals surface area contributed by atoms with Gasteiger partial charge in [0.2, 0.25) is 10.0 Å². The summed E-state index contributed by atoms with van der Waals surface area (Å²) >= 11 is 1.30. The number of ether oxygens (including phenoxy) is 2. The molecule has 0 atom stereocenters. The van der Waals surface area contributed by atoms with Gasteiger partial charge in [-0.3, -0.25) is 10.1 Å². The summed E-state index contributed by atoms with van der Waals surface area (Å²) in [7, 11) is -2.31. The second kappa shape index (κ2) is 10.0. The highest BCUT2D eigenvalue weighted by molar-refractivity contribution is 7.89. The number of rotatable bonds is 7. The van der Waals surface area contributed by atoms with E-state index in [0.29, 0.717) is 18.3 Å². The molecule has 1 amide bonds. The van der Waals surface area contributed by atoms with Crippen LogP contribution in [0.2, 0.25) is 0 Å². The maximum absolute atomic E-state index is 13.0. The summed E-state index contributed by atoms with van der Waals surface area (Å²) in [5.74, 6) is -0.214. The van der Waals surface area contributed by atoms with Gasteiger partial charge in [-0.2, -0.15) is 4.31 Å². The van der Waals surface area contributed by atoms with E-state index in [4.69, 9.17) is 9.47 Å². The molecule has 3 aromatic rings. The van der Waals surface area contributed by atoms with Crippen LogP contribution in [0.25, 0.3) is 11.3 Å². The molecular weight excluding hydrogens is 462 g/mol. The van der Waals surface area contributed by atoms with Gasteiger partial charge in [0.25, 0.3) is 5.91 Å². The van der Waals surface area contributed by atoms with Gasteiger partial charge < -0.3 is 9.47 Å². The Morgan fingerprint density at radius 2 is 1.91 bits per heavy atom. The van der Waals surface area contributed by atoms with E-state index in [-0.39, 0.29) is 29.3 Å². The maximum atomic E-state index is 13.0. The number of nitrogens with one attached hydrogen (secondary N) is 1. The molecule has 1 aromatic heterocycles. The average molecular weight is 488 g/mol. The zero-order valence-corrected chi connectivity index (χ0v) is 20.0. The second-order valence-electron chi connectivity index (χ2n) is 7.42. The first-order chi connectivity index (χ1) is 15.9. The molecule has 10 heteroatoms. The van der Waals surface area contributed by atoms with Crippen LogP contribution < -0.4 is 10.1 Å². The fourth-order valence-corrected chi connectivity index (χ4v) is 5.65. The van der Waals surface area contributed by atoms with Crippen LogP contribution in [0.1, 0.15) is 22.8 Å². The van der Waals surface area contributed by atoms with Gasteiger partial charge in [0.1, 0.15) is 5.75 Å². The standard InChI is InChI=1S/C23H25N3O5S2/c1-3-16-4-6-17(7-5-16)20-15-32-23(24-20)25-22(27)19-14-18(8-9-21(19)30-2)33(28,29)26-10-12-31-13-11-26/h4-9,14-15H,3,10-13H2,1-2H3,(H,24,25,27). The van der Waals surface area contributed by atoms with E-state index < -0.39 is 15.9 Å². The number of sulfonamides is 1. The molecular formula is C23H25N3O5S2. The summed E-state index contributed by atoms with van der Waals surface area (Å²) in [6.07, 6.45) is 0.959. The number of benzene rings is 2. The van der Waals surface area contributed by atoms with E-state index in [9.17, 15) is 13.2 Å². The lowest BCUT2D eigenvalue weighted by Gasteiger charge is -2.26. The number of thiazole rings is 1. The molecule has 0 bridgehead atoms. The van der Waals surface area contributed by atoms with E-state index in [0.717, 1.165) is 17.7 Å². The highest BCUT2D eigenvalue weighted by Gasteiger charge is 2.28. The highest BCUT2D eigenvalue weighted by Crippen LogP contribution is 2.28. The minimum Gasteiger partial charge on any atom is -0.496 e. The minimum absolute atomic E-state index is 0.0335. The monoisotopic (exact) mass is 487 g/mol. The fourth-order valence-electron chi connectivity index (χ4n) is 3.50. The molecule has 0 saturated carbocycles. The number of aromatic nitrogens is 1. The molecule has 1 fully saturated rings. The zero-order chi connectivity index (χ0) is 23.4. The van der Waals surface area contributed by atoms with Crippen molar-refractivity contribution in [3.05, 3.63) is 59.0 Å². The molecule has 0 unspecified atom stereocenters. The summed E-state index contributed by atoms with van der Waals surface area (Å²) in [5, 5.41) is 5.05. The molecule has 33 heavy (non-hydrogen) atoms. The van der Waals surface area contributed by atoms with E-state index in [1.165, 1.54) is 46.5 Å². The number of carbonyl (C=O) groups excluding carboxylic acids is 1. The number of anilines is 1. The van der Waals surface area contributed by atoms with Crippen LogP contribution in [0.4, 0.5) is 5.13 Å². The first-order valence-electron chi connectivity index (χ1n) is 10.5. The normalized spacial score (nSPS) is 14.7. The van der Waals surface area contributed by atoms with Gasteiger partial charge in [-0.1, -0.05) is 31.2 Å². The molecule has 1 aliphatic heterocycles. The SMILES string of the molecule is CCc1ccc(-c2csc(NC(=O)c3cc(S(=O)(=O)N4CCOCC4)ccc3OC)n2)cc1. The number of hydrogen-bond acceptors (Lipinski definition) is 7. The molecule has 2 heterocycles. The van der Waals surface area contributed by atoms with Gasteiger partial charge in [-0.05, 0) is 30.2 Å². The topological polar surface area (TPSA) is 97.8 Å². The highest BCUT2D eigenvalue weighted by atomic mass is 32.2. The quantitative estimate of drug-likeness (QED) is 0.546. The number of aryl methyl sites for hydroxylation is 1. The number of carbonyl (C=O) groups is 1. The van der Waals surface area contributed by atoms with Crippen molar-refractivity contribution in [1.82, 2.24) is 9.29 Å². The molecule has 1 N–H and O–H groups in total. The van der Waals surface area contributed by atoms with Gasteiger partial charge in [0.05, 0.1) is 36.5 Å². The fraction of sp³-hybridized carbons (Fsp3) is 0.304. The summed E-state index contributed by atoms with van der Waals surface area (Å²) in [6, 6.07) is 12.4. The summed E-state index contributed by atoms with van der Waals surface area (Å²) in [5.41, 5.74) is 3.08. The van der Waals surface area contributed by atoms with E-state index >= 15 is 0 Å². The minimum atomic E-state index is -3.75. The van der Waals surface area contributed by atoms with Crippen LogP contribution in [-0.2, 0) is 21.2 Å². The van der Waals surface area contributed by atoms with E-state index in [1.807, 2.05) is 17.5 Å². The van der Waals surface area contributed by atoms with Gasteiger partial charge in [-0.15, -0.1) is 11.3 Å². The molecule has 174 valence electrons. The third-order valence-electron chi connectivity index (χ3n) is 5.41. The van der Waals surface area contributed by atoms with Crippen molar-refractivity contribution in [2.45, 2.75) is 18.2 Å². The third kappa shape index (κ3) is 5.09. The van der Waals surface area contributed by atoms with Crippen molar-refractivity contribution in [1.29, 1.82) is 0 Å². The Balaban J connectivity index is 1.56. The average Bonchev–Trinajstić information content (AvgIpc) is 3.32. The van der Waals surface area contributed by atoms with Crippen LogP contribution in [0.5, 0.6) is 5.75 Å². The number of hydrogen-bond donors (Lipinski definition) is 1. The van der Waals surface area contributed by atoms with Gasteiger partial charge >= 0.3 is 0 Å². The van der Waals surface area contributed by atoms with Gasteiger partial charge in [-0.25, -0.2) is 13.4 Å². The summed E-state index contributed by atoms with van der Waals surface area (Å²) < 4.78 is 37.9. The van der Waals surface area contributed by atoms with Crippen LogP contribution >= 0.6 is 11.3 Å². The van der Waals surface area contributed by atoms with Crippen LogP contribution in [0.3, 0.4) is 0 Å². The lowest BCUT2D eigenvalue weighted by Crippen LogP contribution is -2.40.